The molecule has 0 fully saturated rings. The molecule has 0 aromatic heterocycles. The van der Waals surface area contributed by atoms with E-state index in [1.807, 2.05) is 60.7 Å². The normalized spacial score (nSPS) is 10.6. The molecule has 148 valence electrons. The third-order valence-electron chi connectivity index (χ3n) is 4.34. The number of carbonyl (C=O) groups excluding carboxylic acids is 2. The van der Waals surface area contributed by atoms with Gasteiger partial charge in [-0.3, -0.25) is 9.59 Å². The molecule has 0 saturated carbocycles. The minimum Gasteiger partial charge on any atom is -0.456 e. The summed E-state index contributed by atoms with van der Waals surface area (Å²) in [4.78, 5) is 24.3. The van der Waals surface area contributed by atoms with Crippen molar-refractivity contribution >= 4 is 17.6 Å². The van der Waals surface area contributed by atoms with Crippen molar-refractivity contribution in [2.24, 2.45) is 0 Å². The largest absolute Gasteiger partial charge is 0.456 e. The van der Waals surface area contributed by atoms with Crippen LogP contribution >= 0.6 is 0 Å². The number of esters is 1. The van der Waals surface area contributed by atoms with Crippen LogP contribution in [0.15, 0.2) is 78.9 Å². The number of nitrogens with one attached hydrogen (secondary N) is 1. The van der Waals surface area contributed by atoms with E-state index >= 15 is 0 Å². The van der Waals surface area contributed by atoms with Crippen molar-refractivity contribution in [3.63, 3.8) is 0 Å². The molecule has 0 spiro atoms. The SMILES string of the molecule is O=C(COC(=O)CC(c1ccccc1)c1ccccc1)Nc1ccc(F)cc1F. The van der Waals surface area contributed by atoms with E-state index in [4.69, 9.17) is 4.74 Å². The van der Waals surface area contributed by atoms with Gasteiger partial charge < -0.3 is 10.1 Å². The summed E-state index contributed by atoms with van der Waals surface area (Å²) in [5.74, 6) is -3.14. The molecule has 3 aromatic rings. The Kier molecular flexibility index (Phi) is 6.68. The van der Waals surface area contributed by atoms with Gasteiger partial charge in [-0.25, -0.2) is 8.78 Å². The molecular weight excluding hydrogens is 376 g/mol. The Morgan fingerprint density at radius 1 is 0.862 bits per heavy atom. The molecule has 0 saturated heterocycles. The first-order chi connectivity index (χ1) is 14.0. The minimum atomic E-state index is -0.905. The molecule has 3 aromatic carbocycles. The van der Waals surface area contributed by atoms with Gasteiger partial charge in [-0.15, -0.1) is 0 Å². The van der Waals surface area contributed by atoms with Crippen LogP contribution in [-0.2, 0) is 14.3 Å². The second kappa shape index (κ2) is 9.59. The van der Waals surface area contributed by atoms with Gasteiger partial charge in [0.1, 0.15) is 11.6 Å². The molecule has 0 radical (unpaired) electrons. The lowest BCUT2D eigenvalue weighted by atomic mass is 9.89. The zero-order valence-corrected chi connectivity index (χ0v) is 15.5. The summed E-state index contributed by atoms with van der Waals surface area (Å²) in [6.45, 7) is -0.564. The number of hydrogen-bond acceptors (Lipinski definition) is 3. The van der Waals surface area contributed by atoms with Gasteiger partial charge in [0.15, 0.2) is 6.61 Å². The summed E-state index contributed by atoms with van der Waals surface area (Å²) in [5, 5.41) is 2.25. The molecule has 0 aliphatic rings. The monoisotopic (exact) mass is 395 g/mol. The van der Waals surface area contributed by atoms with Gasteiger partial charge in [0.25, 0.3) is 5.91 Å². The van der Waals surface area contributed by atoms with Crippen molar-refractivity contribution in [2.75, 3.05) is 11.9 Å². The van der Waals surface area contributed by atoms with E-state index in [-0.39, 0.29) is 18.0 Å². The first-order valence-corrected chi connectivity index (χ1v) is 9.03. The average molecular weight is 395 g/mol. The smallest absolute Gasteiger partial charge is 0.307 e. The highest BCUT2D eigenvalue weighted by atomic mass is 19.1. The molecule has 29 heavy (non-hydrogen) atoms. The Labute approximate surface area is 167 Å². The van der Waals surface area contributed by atoms with Crippen LogP contribution in [0.4, 0.5) is 14.5 Å². The average Bonchev–Trinajstić information content (AvgIpc) is 2.74. The van der Waals surface area contributed by atoms with Crippen molar-refractivity contribution < 1.29 is 23.1 Å². The van der Waals surface area contributed by atoms with Crippen LogP contribution in [0.25, 0.3) is 0 Å². The zero-order valence-electron chi connectivity index (χ0n) is 15.5. The number of amides is 1. The third kappa shape index (κ3) is 5.72. The molecule has 0 atom stereocenters. The van der Waals surface area contributed by atoms with Crippen LogP contribution in [0.1, 0.15) is 23.5 Å². The molecule has 1 amide bonds. The van der Waals surface area contributed by atoms with Gasteiger partial charge in [-0.1, -0.05) is 60.7 Å². The molecule has 1 N–H and O–H groups in total. The predicted octanol–water partition coefficient (Wildman–Crippen LogP) is 4.67. The Hall–Kier alpha value is -3.54. The maximum Gasteiger partial charge on any atom is 0.307 e. The molecule has 3 rings (SSSR count). The van der Waals surface area contributed by atoms with Crippen LogP contribution in [0.3, 0.4) is 0 Å². The number of rotatable bonds is 7. The Balaban J connectivity index is 1.61. The lowest BCUT2D eigenvalue weighted by Gasteiger charge is -2.17. The summed E-state index contributed by atoms with van der Waals surface area (Å²) < 4.78 is 31.6. The Morgan fingerprint density at radius 2 is 1.45 bits per heavy atom. The predicted molar refractivity (Wildman–Crippen MR) is 105 cm³/mol. The van der Waals surface area contributed by atoms with Crippen molar-refractivity contribution in [1.29, 1.82) is 0 Å². The molecule has 0 bridgehead atoms. The second-order valence-electron chi connectivity index (χ2n) is 6.41. The molecule has 0 unspecified atom stereocenters. The van der Waals surface area contributed by atoms with E-state index in [0.717, 1.165) is 23.3 Å². The van der Waals surface area contributed by atoms with Crippen molar-refractivity contribution in [3.8, 4) is 0 Å². The lowest BCUT2D eigenvalue weighted by molar-refractivity contribution is -0.147. The summed E-state index contributed by atoms with van der Waals surface area (Å²) in [5.41, 5.74) is 1.72. The first-order valence-electron chi connectivity index (χ1n) is 9.03. The van der Waals surface area contributed by atoms with E-state index in [0.29, 0.717) is 6.07 Å². The summed E-state index contributed by atoms with van der Waals surface area (Å²) in [7, 11) is 0. The highest BCUT2D eigenvalue weighted by Gasteiger charge is 2.20. The maximum absolute atomic E-state index is 13.6. The molecule has 0 aliphatic heterocycles. The van der Waals surface area contributed by atoms with Crippen molar-refractivity contribution in [2.45, 2.75) is 12.3 Å². The quantitative estimate of drug-likeness (QED) is 0.592. The van der Waals surface area contributed by atoms with Crippen molar-refractivity contribution in [1.82, 2.24) is 0 Å². The van der Waals surface area contributed by atoms with E-state index in [2.05, 4.69) is 5.32 Å². The fourth-order valence-electron chi connectivity index (χ4n) is 2.95. The molecule has 6 heteroatoms. The van der Waals surface area contributed by atoms with Crippen LogP contribution in [-0.4, -0.2) is 18.5 Å². The molecular formula is C23H19F2NO3. The fraction of sp³-hybridized carbons (Fsp3) is 0.130. The van der Waals surface area contributed by atoms with Gasteiger partial charge in [-0.2, -0.15) is 0 Å². The highest BCUT2D eigenvalue weighted by molar-refractivity contribution is 5.92. The Bertz CT molecular complexity index is 938. The molecule has 0 aliphatic carbocycles. The van der Waals surface area contributed by atoms with Crippen LogP contribution in [0.5, 0.6) is 0 Å². The molecule has 4 nitrogen and oxygen atoms in total. The van der Waals surface area contributed by atoms with Gasteiger partial charge in [-0.05, 0) is 23.3 Å². The lowest BCUT2D eigenvalue weighted by Crippen LogP contribution is -2.22. The highest BCUT2D eigenvalue weighted by Crippen LogP contribution is 2.28. The van der Waals surface area contributed by atoms with Crippen LogP contribution in [0.2, 0.25) is 0 Å². The van der Waals surface area contributed by atoms with Gasteiger partial charge >= 0.3 is 5.97 Å². The van der Waals surface area contributed by atoms with Gasteiger partial charge in [0.05, 0.1) is 12.1 Å². The number of halogens is 2. The number of carbonyl (C=O) groups is 2. The minimum absolute atomic E-state index is 0.0478. The maximum atomic E-state index is 13.6. The van der Waals surface area contributed by atoms with E-state index in [9.17, 15) is 18.4 Å². The fourth-order valence-corrected chi connectivity index (χ4v) is 2.95. The number of ether oxygens (including phenoxy) is 1. The summed E-state index contributed by atoms with van der Waals surface area (Å²) >= 11 is 0. The Morgan fingerprint density at radius 3 is 2.00 bits per heavy atom. The van der Waals surface area contributed by atoms with E-state index < -0.39 is 30.1 Å². The standard InChI is InChI=1S/C23H19F2NO3/c24-18-11-12-21(20(25)13-18)26-22(27)15-29-23(28)14-19(16-7-3-1-4-8-16)17-9-5-2-6-10-17/h1-13,19H,14-15H2,(H,26,27). The topological polar surface area (TPSA) is 55.4 Å². The molecule has 0 heterocycles. The third-order valence-corrected chi connectivity index (χ3v) is 4.34. The van der Waals surface area contributed by atoms with Gasteiger partial charge in [0, 0.05) is 12.0 Å². The summed E-state index contributed by atoms with van der Waals surface area (Å²) in [6, 6.07) is 21.8. The van der Waals surface area contributed by atoms with Crippen molar-refractivity contribution in [3.05, 3.63) is 102 Å². The summed E-state index contributed by atoms with van der Waals surface area (Å²) in [6.07, 6.45) is 0.0478. The number of benzene rings is 3. The van der Waals surface area contributed by atoms with E-state index in [1.165, 1.54) is 0 Å². The number of hydrogen-bond donors (Lipinski definition) is 1. The van der Waals surface area contributed by atoms with Gasteiger partial charge in [0.2, 0.25) is 0 Å². The van der Waals surface area contributed by atoms with Crippen LogP contribution in [0, 0.1) is 11.6 Å². The van der Waals surface area contributed by atoms with E-state index in [1.54, 1.807) is 0 Å². The number of anilines is 1. The zero-order chi connectivity index (χ0) is 20.6. The second-order valence-corrected chi connectivity index (χ2v) is 6.41. The first kappa shape index (κ1) is 20.2. The van der Waals surface area contributed by atoms with Crippen LogP contribution < -0.4 is 5.32 Å².